The second-order valence-corrected chi connectivity index (χ2v) is 5.56. The zero-order valence-corrected chi connectivity index (χ0v) is 9.67. The normalized spacial score (nSPS) is 34.5. The first-order valence-electron chi connectivity index (χ1n) is 5.75. The van der Waals surface area contributed by atoms with Gasteiger partial charge in [-0.3, -0.25) is 4.98 Å². The fraction of sp³-hybridized carbons (Fsp3) is 0.727. The van der Waals surface area contributed by atoms with Crippen LogP contribution in [0, 0.1) is 5.92 Å². The third-order valence-electron chi connectivity index (χ3n) is 3.66. The number of fused-ring (bicyclic) bond motifs is 2. The van der Waals surface area contributed by atoms with Crippen LogP contribution in [0.1, 0.15) is 17.7 Å². The van der Waals surface area contributed by atoms with Crippen LogP contribution in [0.25, 0.3) is 0 Å². The molecule has 0 saturated carbocycles. The molecule has 3 nitrogen and oxygen atoms in total. The van der Waals surface area contributed by atoms with Crippen LogP contribution in [0.3, 0.4) is 0 Å². The van der Waals surface area contributed by atoms with Crippen LogP contribution in [0.2, 0.25) is 0 Å². The average Bonchev–Trinajstić information content (AvgIpc) is 2.88. The number of hydrogen-bond acceptors (Lipinski definition) is 4. The Hall–Kier alpha value is -0.450. The van der Waals surface area contributed by atoms with E-state index in [1.807, 2.05) is 11.7 Å². The van der Waals surface area contributed by atoms with Crippen molar-refractivity contribution in [2.24, 2.45) is 5.92 Å². The minimum Gasteiger partial charge on any atom is -0.309 e. The maximum Gasteiger partial charge on any atom is 0.0794 e. The van der Waals surface area contributed by atoms with Crippen LogP contribution in [0.5, 0.6) is 0 Å². The summed E-state index contributed by atoms with van der Waals surface area (Å²) in [6.07, 6.45) is 4.69. The first-order chi connectivity index (χ1) is 7.42. The van der Waals surface area contributed by atoms with Crippen LogP contribution in [0.4, 0.5) is 0 Å². The van der Waals surface area contributed by atoms with Gasteiger partial charge in [-0.25, -0.2) is 0 Å². The molecule has 3 heterocycles. The lowest BCUT2D eigenvalue weighted by molar-refractivity contribution is 0.220. The summed E-state index contributed by atoms with van der Waals surface area (Å²) in [6.45, 7) is 4.94. The van der Waals surface area contributed by atoms with E-state index in [1.165, 1.54) is 37.4 Å². The van der Waals surface area contributed by atoms with Crippen LogP contribution in [0.15, 0.2) is 11.7 Å². The molecule has 0 amide bonds. The molecule has 0 radical (unpaired) electrons. The summed E-state index contributed by atoms with van der Waals surface area (Å²) in [6, 6.07) is 0.742. The highest BCUT2D eigenvalue weighted by atomic mass is 32.1. The highest BCUT2D eigenvalue weighted by Crippen LogP contribution is 2.27. The Balaban J connectivity index is 1.55. The predicted molar refractivity (Wildman–Crippen MR) is 61.9 cm³/mol. The molecule has 2 aliphatic heterocycles. The Morgan fingerprint density at radius 1 is 1.47 bits per heavy atom. The van der Waals surface area contributed by atoms with E-state index >= 15 is 0 Å². The highest BCUT2D eigenvalue weighted by molar-refractivity contribution is 7.09. The number of nitrogens with zero attached hydrogens (tertiary/aromatic N) is 2. The number of rotatable bonds is 3. The zero-order valence-electron chi connectivity index (χ0n) is 8.85. The smallest absolute Gasteiger partial charge is 0.0794 e. The summed E-state index contributed by atoms with van der Waals surface area (Å²) in [7, 11) is 0. The van der Waals surface area contributed by atoms with Gasteiger partial charge in [-0.05, 0) is 31.8 Å². The largest absolute Gasteiger partial charge is 0.309 e. The van der Waals surface area contributed by atoms with E-state index in [4.69, 9.17) is 0 Å². The van der Waals surface area contributed by atoms with E-state index in [9.17, 15) is 0 Å². The predicted octanol–water partition coefficient (Wildman–Crippen LogP) is 1.33. The third kappa shape index (κ3) is 2.07. The Labute approximate surface area is 94.5 Å². The zero-order chi connectivity index (χ0) is 10.1. The molecule has 2 fully saturated rings. The number of thiazole rings is 1. The molecule has 0 aromatic carbocycles. The van der Waals surface area contributed by atoms with Crippen LogP contribution < -0.4 is 5.32 Å². The standard InChI is InChI=1S/C11H17N3S/c1-3-14-4-2-11(9(1)7-14)13-6-10-5-12-8-15-10/h5,8-9,11,13H,1-4,6-7H2. The molecule has 2 bridgehead atoms. The molecule has 0 spiro atoms. The maximum absolute atomic E-state index is 4.10. The van der Waals surface area contributed by atoms with E-state index in [2.05, 4.69) is 15.2 Å². The van der Waals surface area contributed by atoms with Crippen LogP contribution in [-0.2, 0) is 6.54 Å². The quantitative estimate of drug-likeness (QED) is 0.838. The number of aromatic nitrogens is 1. The van der Waals surface area contributed by atoms with E-state index in [1.54, 1.807) is 11.3 Å². The molecule has 4 heteroatoms. The van der Waals surface area contributed by atoms with Crippen LogP contribution >= 0.6 is 11.3 Å². The number of piperidine rings is 1. The van der Waals surface area contributed by atoms with Crippen molar-refractivity contribution in [3.8, 4) is 0 Å². The first kappa shape index (κ1) is 9.75. The van der Waals surface area contributed by atoms with Crippen molar-refractivity contribution in [1.29, 1.82) is 0 Å². The molecule has 15 heavy (non-hydrogen) atoms. The van der Waals surface area contributed by atoms with E-state index < -0.39 is 0 Å². The van der Waals surface area contributed by atoms with Crippen molar-refractivity contribution in [2.75, 3.05) is 19.6 Å². The second kappa shape index (κ2) is 4.20. The lowest BCUT2D eigenvalue weighted by atomic mass is 9.94. The summed E-state index contributed by atoms with van der Waals surface area (Å²) in [4.78, 5) is 8.05. The molecule has 3 unspecified atom stereocenters. The van der Waals surface area contributed by atoms with Crippen molar-refractivity contribution in [2.45, 2.75) is 25.4 Å². The number of nitrogens with one attached hydrogen (secondary N) is 1. The van der Waals surface area contributed by atoms with Crippen LogP contribution in [-0.4, -0.2) is 35.6 Å². The van der Waals surface area contributed by atoms with Gasteiger partial charge in [0, 0.05) is 30.2 Å². The SMILES string of the molecule is c1ncc(CNC2CCN3CCC2C3)s1. The van der Waals surface area contributed by atoms with E-state index in [-0.39, 0.29) is 0 Å². The van der Waals surface area contributed by atoms with Crippen molar-refractivity contribution in [3.63, 3.8) is 0 Å². The minimum absolute atomic E-state index is 0.742. The molecule has 2 aliphatic rings. The average molecular weight is 223 g/mol. The molecule has 0 aliphatic carbocycles. The van der Waals surface area contributed by atoms with Crippen molar-refractivity contribution < 1.29 is 0 Å². The van der Waals surface area contributed by atoms with Gasteiger partial charge in [-0.1, -0.05) is 0 Å². The van der Waals surface area contributed by atoms with Gasteiger partial charge in [0.05, 0.1) is 5.51 Å². The summed E-state index contributed by atoms with van der Waals surface area (Å²) in [5.41, 5.74) is 1.91. The summed E-state index contributed by atoms with van der Waals surface area (Å²) >= 11 is 1.75. The van der Waals surface area contributed by atoms with Crippen molar-refractivity contribution >= 4 is 11.3 Å². The molecule has 1 aromatic rings. The van der Waals surface area contributed by atoms with Gasteiger partial charge < -0.3 is 10.2 Å². The molecule has 1 aromatic heterocycles. The van der Waals surface area contributed by atoms with E-state index in [0.29, 0.717) is 0 Å². The summed E-state index contributed by atoms with van der Waals surface area (Å²) < 4.78 is 0. The molecule has 3 rings (SSSR count). The van der Waals surface area contributed by atoms with Gasteiger partial charge in [0.15, 0.2) is 0 Å². The topological polar surface area (TPSA) is 28.2 Å². The summed E-state index contributed by atoms with van der Waals surface area (Å²) in [5, 5.41) is 3.70. The second-order valence-electron chi connectivity index (χ2n) is 4.59. The maximum atomic E-state index is 4.10. The Bertz CT molecular complexity index is 312. The molecular formula is C11H17N3S. The van der Waals surface area contributed by atoms with E-state index in [0.717, 1.165) is 18.5 Å². The Kier molecular flexibility index (Phi) is 2.73. The summed E-state index contributed by atoms with van der Waals surface area (Å²) in [5.74, 6) is 0.895. The van der Waals surface area contributed by atoms with Gasteiger partial charge >= 0.3 is 0 Å². The highest BCUT2D eigenvalue weighted by Gasteiger charge is 2.33. The van der Waals surface area contributed by atoms with Gasteiger partial charge in [0.25, 0.3) is 0 Å². The monoisotopic (exact) mass is 223 g/mol. The van der Waals surface area contributed by atoms with Crippen molar-refractivity contribution in [3.05, 3.63) is 16.6 Å². The lowest BCUT2D eigenvalue weighted by Gasteiger charge is -2.30. The van der Waals surface area contributed by atoms with Gasteiger partial charge in [0.1, 0.15) is 0 Å². The third-order valence-corrected chi connectivity index (χ3v) is 4.44. The minimum atomic E-state index is 0.742. The first-order valence-corrected chi connectivity index (χ1v) is 6.63. The van der Waals surface area contributed by atoms with Crippen molar-refractivity contribution in [1.82, 2.24) is 15.2 Å². The Morgan fingerprint density at radius 3 is 3.27 bits per heavy atom. The molecule has 3 atom stereocenters. The fourth-order valence-corrected chi connectivity index (χ4v) is 3.33. The fourth-order valence-electron chi connectivity index (χ4n) is 2.78. The molecule has 82 valence electrons. The number of hydrogen-bond donors (Lipinski definition) is 1. The molecular weight excluding hydrogens is 206 g/mol. The van der Waals surface area contributed by atoms with Gasteiger partial charge in [0.2, 0.25) is 0 Å². The molecule has 2 saturated heterocycles. The van der Waals surface area contributed by atoms with Gasteiger partial charge in [-0.15, -0.1) is 11.3 Å². The molecule has 1 N–H and O–H groups in total. The Morgan fingerprint density at radius 2 is 2.40 bits per heavy atom. The van der Waals surface area contributed by atoms with Gasteiger partial charge in [-0.2, -0.15) is 0 Å². The lowest BCUT2D eigenvalue weighted by Crippen LogP contribution is -2.43.